The van der Waals surface area contributed by atoms with Crippen LogP contribution in [0.5, 0.6) is 0 Å². The number of aromatic nitrogens is 2. The number of hydrogen-bond donors (Lipinski definition) is 3. The summed E-state index contributed by atoms with van der Waals surface area (Å²) in [4.78, 5) is 42.2. The van der Waals surface area contributed by atoms with Crippen LogP contribution < -0.4 is 11.2 Å². The minimum Gasteiger partial charge on any atom is -0.344 e. The first-order valence-electron chi connectivity index (χ1n) is 5.62. The van der Waals surface area contributed by atoms with Gasteiger partial charge in [0.05, 0.1) is 6.61 Å². The Labute approximate surface area is 112 Å². The topological polar surface area (TPSA) is 131 Å². The number of ether oxygens (including phenoxy) is 1. The van der Waals surface area contributed by atoms with Crippen LogP contribution in [-0.4, -0.2) is 32.0 Å². The standard InChI is InChI=1S/C10H13N2O7P/c1-6-4-12(10(14)11-9(6)13)8-3-2-7(19-8)5-18-20(15,16)17/h2-4,7-8H,5H2,1H3,(H,11,13,14)(H2,15,16,17)/t7?,8-/m1/s1. The minimum absolute atomic E-state index is 0.339. The Balaban J connectivity index is 2.09. The highest BCUT2D eigenvalue weighted by molar-refractivity contribution is 7.46. The highest BCUT2D eigenvalue weighted by Crippen LogP contribution is 2.36. The van der Waals surface area contributed by atoms with Gasteiger partial charge in [-0.05, 0) is 13.0 Å². The van der Waals surface area contributed by atoms with Gasteiger partial charge in [0, 0.05) is 11.8 Å². The van der Waals surface area contributed by atoms with Crippen molar-refractivity contribution in [3.05, 3.63) is 44.8 Å². The monoisotopic (exact) mass is 304 g/mol. The van der Waals surface area contributed by atoms with Crippen LogP contribution in [0.1, 0.15) is 11.8 Å². The van der Waals surface area contributed by atoms with Gasteiger partial charge >= 0.3 is 13.5 Å². The van der Waals surface area contributed by atoms with Crippen LogP contribution in [0.15, 0.2) is 27.9 Å². The molecule has 1 aliphatic heterocycles. The van der Waals surface area contributed by atoms with E-state index in [2.05, 4.69) is 9.51 Å². The maximum absolute atomic E-state index is 11.6. The van der Waals surface area contributed by atoms with Gasteiger partial charge in [0.1, 0.15) is 6.10 Å². The van der Waals surface area contributed by atoms with Gasteiger partial charge in [-0.2, -0.15) is 0 Å². The number of hydrogen-bond acceptors (Lipinski definition) is 5. The Morgan fingerprint density at radius 2 is 2.15 bits per heavy atom. The summed E-state index contributed by atoms with van der Waals surface area (Å²) >= 11 is 0. The van der Waals surface area contributed by atoms with Crippen molar-refractivity contribution in [1.29, 1.82) is 0 Å². The molecule has 9 nitrogen and oxygen atoms in total. The number of nitrogens with one attached hydrogen (secondary N) is 1. The van der Waals surface area contributed by atoms with E-state index in [1.165, 1.54) is 22.9 Å². The molecule has 0 saturated carbocycles. The van der Waals surface area contributed by atoms with Crippen LogP contribution in [0.4, 0.5) is 0 Å². The molecule has 3 N–H and O–H groups in total. The average Bonchev–Trinajstić information content (AvgIpc) is 2.79. The maximum atomic E-state index is 11.6. The smallest absolute Gasteiger partial charge is 0.344 e. The van der Waals surface area contributed by atoms with Crippen molar-refractivity contribution in [3.63, 3.8) is 0 Å². The lowest BCUT2D eigenvalue weighted by molar-refractivity contribution is -0.0105. The molecule has 1 aliphatic rings. The number of rotatable bonds is 4. The molecule has 0 aromatic carbocycles. The number of aromatic amines is 1. The second kappa shape index (κ2) is 5.47. The molecular weight excluding hydrogens is 291 g/mol. The van der Waals surface area contributed by atoms with Gasteiger partial charge in [-0.25, -0.2) is 9.36 Å². The van der Waals surface area contributed by atoms with Crippen molar-refractivity contribution < 1.29 is 23.6 Å². The molecule has 0 saturated heterocycles. The molecular formula is C10H13N2O7P. The largest absolute Gasteiger partial charge is 0.469 e. The van der Waals surface area contributed by atoms with E-state index in [-0.39, 0.29) is 6.61 Å². The lowest BCUT2D eigenvalue weighted by Gasteiger charge is -2.16. The number of aryl methyl sites for hydroxylation is 1. The molecule has 2 atom stereocenters. The normalized spacial score (nSPS) is 22.4. The van der Waals surface area contributed by atoms with Crippen LogP contribution in [0, 0.1) is 6.92 Å². The summed E-state index contributed by atoms with van der Waals surface area (Å²) in [6.45, 7) is 1.20. The van der Waals surface area contributed by atoms with Crippen LogP contribution in [0.25, 0.3) is 0 Å². The number of phosphoric ester groups is 1. The van der Waals surface area contributed by atoms with Crippen molar-refractivity contribution in [2.24, 2.45) is 0 Å². The molecule has 110 valence electrons. The minimum atomic E-state index is -4.56. The summed E-state index contributed by atoms with van der Waals surface area (Å²) in [5.41, 5.74) is -0.766. The fraction of sp³-hybridized carbons (Fsp3) is 0.400. The van der Waals surface area contributed by atoms with Gasteiger partial charge in [-0.3, -0.25) is 18.9 Å². The highest BCUT2D eigenvalue weighted by atomic mass is 31.2. The molecule has 1 aromatic rings. The molecule has 0 aliphatic carbocycles. The van der Waals surface area contributed by atoms with E-state index < -0.39 is 31.4 Å². The van der Waals surface area contributed by atoms with Gasteiger partial charge < -0.3 is 14.5 Å². The summed E-state index contributed by atoms with van der Waals surface area (Å²) in [5, 5.41) is 0. The SMILES string of the molecule is Cc1cn([C@H]2C=CC(COP(=O)(O)O)O2)c(=O)[nH]c1=O. The van der Waals surface area contributed by atoms with E-state index in [1.54, 1.807) is 6.92 Å². The average molecular weight is 304 g/mol. The van der Waals surface area contributed by atoms with Crippen molar-refractivity contribution >= 4 is 7.82 Å². The quantitative estimate of drug-likeness (QED) is 0.500. The molecule has 1 unspecified atom stereocenters. The Morgan fingerprint density at radius 3 is 2.80 bits per heavy atom. The van der Waals surface area contributed by atoms with E-state index >= 15 is 0 Å². The Morgan fingerprint density at radius 1 is 1.45 bits per heavy atom. The first-order chi connectivity index (χ1) is 9.26. The zero-order valence-electron chi connectivity index (χ0n) is 10.4. The van der Waals surface area contributed by atoms with Gasteiger partial charge in [0.15, 0.2) is 6.23 Å². The van der Waals surface area contributed by atoms with Crippen molar-refractivity contribution in [2.75, 3.05) is 6.61 Å². The fourth-order valence-electron chi connectivity index (χ4n) is 1.69. The summed E-state index contributed by atoms with van der Waals surface area (Å²) < 4.78 is 21.4. The molecule has 1 aromatic heterocycles. The van der Waals surface area contributed by atoms with Crippen molar-refractivity contribution in [1.82, 2.24) is 9.55 Å². The van der Waals surface area contributed by atoms with Crippen molar-refractivity contribution in [2.45, 2.75) is 19.3 Å². The van der Waals surface area contributed by atoms with E-state index in [9.17, 15) is 14.2 Å². The third kappa shape index (κ3) is 3.53. The molecule has 0 radical (unpaired) electrons. The van der Waals surface area contributed by atoms with E-state index in [0.717, 1.165) is 0 Å². The first-order valence-corrected chi connectivity index (χ1v) is 7.15. The zero-order chi connectivity index (χ0) is 14.9. The molecule has 0 amide bonds. The Bertz CT molecular complexity index is 686. The van der Waals surface area contributed by atoms with E-state index in [4.69, 9.17) is 14.5 Å². The summed E-state index contributed by atoms with van der Waals surface area (Å²) in [6, 6.07) is 0. The summed E-state index contributed by atoms with van der Waals surface area (Å²) in [6.07, 6.45) is 2.96. The number of nitrogens with zero attached hydrogens (tertiary/aromatic N) is 1. The molecule has 0 fully saturated rings. The van der Waals surface area contributed by atoms with Crippen molar-refractivity contribution in [3.8, 4) is 0 Å². The second-order valence-electron chi connectivity index (χ2n) is 4.21. The molecule has 2 rings (SSSR count). The fourth-order valence-corrected chi connectivity index (χ4v) is 2.03. The lowest BCUT2D eigenvalue weighted by atomic mass is 10.3. The Kier molecular flexibility index (Phi) is 4.07. The van der Waals surface area contributed by atoms with Crippen LogP contribution in [0.3, 0.4) is 0 Å². The molecule has 20 heavy (non-hydrogen) atoms. The summed E-state index contributed by atoms with van der Waals surface area (Å²) in [7, 11) is -4.56. The predicted molar refractivity (Wildman–Crippen MR) is 67.1 cm³/mol. The molecule has 2 heterocycles. The van der Waals surface area contributed by atoms with Gasteiger partial charge in [-0.15, -0.1) is 0 Å². The van der Waals surface area contributed by atoms with E-state index in [0.29, 0.717) is 5.56 Å². The molecule has 0 bridgehead atoms. The van der Waals surface area contributed by atoms with Crippen LogP contribution in [0.2, 0.25) is 0 Å². The molecule has 10 heteroatoms. The third-order valence-corrected chi connectivity index (χ3v) is 3.12. The Hall–Kier alpha value is -1.51. The first kappa shape index (κ1) is 14.9. The second-order valence-corrected chi connectivity index (χ2v) is 5.45. The zero-order valence-corrected chi connectivity index (χ0v) is 11.3. The van der Waals surface area contributed by atoms with E-state index in [1.807, 2.05) is 0 Å². The van der Waals surface area contributed by atoms with Gasteiger partial charge in [0.25, 0.3) is 5.56 Å². The lowest BCUT2D eigenvalue weighted by Crippen LogP contribution is -2.33. The number of phosphoric acid groups is 1. The molecule has 0 spiro atoms. The van der Waals surface area contributed by atoms with Crippen LogP contribution >= 0.6 is 7.82 Å². The third-order valence-electron chi connectivity index (χ3n) is 2.63. The highest BCUT2D eigenvalue weighted by Gasteiger charge is 2.25. The predicted octanol–water partition coefficient (Wildman–Crippen LogP) is -0.592. The maximum Gasteiger partial charge on any atom is 0.469 e. The summed E-state index contributed by atoms with van der Waals surface area (Å²) in [5.74, 6) is 0. The van der Waals surface area contributed by atoms with Gasteiger partial charge in [-0.1, -0.05) is 6.08 Å². The number of H-pyrrole nitrogens is 1. The van der Waals surface area contributed by atoms with Gasteiger partial charge in [0.2, 0.25) is 0 Å². The van der Waals surface area contributed by atoms with Crippen LogP contribution in [-0.2, 0) is 13.8 Å².